The van der Waals surface area contributed by atoms with E-state index in [4.69, 9.17) is 16.0 Å². The largest absolute Gasteiger partial charge is 0.447 e. The molecule has 1 aromatic heterocycles. The molecule has 0 saturated carbocycles. The van der Waals surface area contributed by atoms with Crippen molar-refractivity contribution in [2.75, 3.05) is 13.1 Å². The molecule has 1 fully saturated rings. The zero-order chi connectivity index (χ0) is 17.8. The number of carbonyl (C=O) groups excluding carboxylic acids is 1. The molecule has 5 nitrogen and oxygen atoms in total. The van der Waals surface area contributed by atoms with Crippen LogP contribution in [-0.2, 0) is 0 Å². The molecule has 1 aliphatic rings. The Labute approximate surface area is 153 Å². The Bertz CT molecular complexity index is 725. The van der Waals surface area contributed by atoms with Crippen molar-refractivity contribution >= 4 is 17.5 Å². The number of nitrogens with one attached hydrogen (secondary N) is 2. The van der Waals surface area contributed by atoms with Gasteiger partial charge in [0.15, 0.2) is 12.1 Å². The fourth-order valence-corrected chi connectivity index (χ4v) is 3.62. The van der Waals surface area contributed by atoms with Gasteiger partial charge in [0.2, 0.25) is 0 Å². The number of halogens is 1. The molecule has 25 heavy (non-hydrogen) atoms. The summed E-state index contributed by atoms with van der Waals surface area (Å²) in [6, 6.07) is 7.65. The number of aromatic nitrogens is 1. The molecule has 6 heteroatoms. The summed E-state index contributed by atoms with van der Waals surface area (Å²) in [7, 11) is 0. The predicted molar refractivity (Wildman–Crippen MR) is 98.1 cm³/mol. The minimum absolute atomic E-state index is 0.0787. The molecule has 3 rings (SSSR count). The molecule has 0 spiro atoms. The molecule has 2 aromatic rings. The van der Waals surface area contributed by atoms with E-state index in [1.807, 2.05) is 31.2 Å². The van der Waals surface area contributed by atoms with E-state index in [0.29, 0.717) is 16.5 Å². The van der Waals surface area contributed by atoms with E-state index in [9.17, 15) is 4.79 Å². The van der Waals surface area contributed by atoms with Crippen LogP contribution >= 0.6 is 11.6 Å². The molecule has 1 saturated heterocycles. The lowest BCUT2D eigenvalue weighted by Gasteiger charge is -2.23. The van der Waals surface area contributed by atoms with Gasteiger partial charge in [0.1, 0.15) is 5.76 Å². The first-order valence-electron chi connectivity index (χ1n) is 8.77. The normalized spacial score (nSPS) is 17.9. The Morgan fingerprint density at radius 1 is 1.32 bits per heavy atom. The smallest absolute Gasteiger partial charge is 0.273 e. The molecule has 1 amide bonds. The van der Waals surface area contributed by atoms with Gasteiger partial charge < -0.3 is 15.1 Å². The van der Waals surface area contributed by atoms with E-state index < -0.39 is 0 Å². The Balaban J connectivity index is 1.70. The van der Waals surface area contributed by atoms with Gasteiger partial charge in [-0.1, -0.05) is 36.7 Å². The van der Waals surface area contributed by atoms with Crippen molar-refractivity contribution in [2.24, 2.45) is 0 Å². The van der Waals surface area contributed by atoms with Crippen LogP contribution in [0.3, 0.4) is 0 Å². The maximum Gasteiger partial charge on any atom is 0.273 e. The van der Waals surface area contributed by atoms with E-state index in [1.165, 1.54) is 6.39 Å². The summed E-state index contributed by atoms with van der Waals surface area (Å²) in [4.78, 5) is 16.9. The minimum Gasteiger partial charge on any atom is -0.447 e. The first-order chi connectivity index (χ1) is 12.1. The number of carbonyl (C=O) groups is 1. The van der Waals surface area contributed by atoms with E-state index >= 15 is 0 Å². The molecule has 1 aromatic carbocycles. The Hall–Kier alpha value is -1.85. The van der Waals surface area contributed by atoms with E-state index in [0.717, 1.165) is 31.5 Å². The average Bonchev–Trinajstić information content (AvgIpc) is 3.12. The van der Waals surface area contributed by atoms with Crippen molar-refractivity contribution in [1.82, 2.24) is 15.6 Å². The van der Waals surface area contributed by atoms with Gasteiger partial charge in [0.25, 0.3) is 5.91 Å². The molecule has 0 bridgehead atoms. The molecular weight excluding hydrogens is 338 g/mol. The highest BCUT2D eigenvalue weighted by Crippen LogP contribution is 2.29. The van der Waals surface area contributed by atoms with Gasteiger partial charge in [-0.3, -0.25) is 4.79 Å². The Kier molecular flexibility index (Phi) is 5.76. The van der Waals surface area contributed by atoms with Gasteiger partial charge >= 0.3 is 0 Å². The minimum atomic E-state index is -0.186. The van der Waals surface area contributed by atoms with Gasteiger partial charge in [0, 0.05) is 22.9 Å². The molecular formula is C19H24ClN3O2. The zero-order valence-electron chi connectivity index (χ0n) is 14.6. The van der Waals surface area contributed by atoms with Gasteiger partial charge in [-0.15, -0.1) is 0 Å². The highest BCUT2D eigenvalue weighted by atomic mass is 35.5. The fraction of sp³-hybridized carbons (Fsp3) is 0.474. The summed E-state index contributed by atoms with van der Waals surface area (Å²) < 4.78 is 5.55. The summed E-state index contributed by atoms with van der Waals surface area (Å²) in [5, 5.41) is 7.09. The number of oxazole rings is 1. The van der Waals surface area contributed by atoms with Crippen LogP contribution in [0, 0.1) is 0 Å². The second-order valence-electron chi connectivity index (χ2n) is 6.66. The quantitative estimate of drug-likeness (QED) is 0.851. The van der Waals surface area contributed by atoms with Crippen LogP contribution in [0.5, 0.6) is 0 Å². The standard InChI is InChI=1S/C19H24ClN3O2/c1-12(15-5-3-4-6-16(15)20)13(2)23-19(24)17-18(25-11-22-17)14-7-9-21-10-8-14/h3-6,11-14,21H,7-10H2,1-2H3,(H,23,24). The van der Waals surface area contributed by atoms with Crippen LogP contribution in [0.25, 0.3) is 0 Å². The van der Waals surface area contributed by atoms with Crippen LogP contribution in [-0.4, -0.2) is 30.0 Å². The van der Waals surface area contributed by atoms with E-state index in [-0.39, 0.29) is 23.8 Å². The van der Waals surface area contributed by atoms with E-state index in [2.05, 4.69) is 22.5 Å². The van der Waals surface area contributed by atoms with Crippen LogP contribution in [0.4, 0.5) is 0 Å². The molecule has 2 heterocycles. The zero-order valence-corrected chi connectivity index (χ0v) is 15.3. The van der Waals surface area contributed by atoms with Crippen molar-refractivity contribution in [3.8, 4) is 0 Å². The van der Waals surface area contributed by atoms with E-state index in [1.54, 1.807) is 0 Å². The van der Waals surface area contributed by atoms with Crippen molar-refractivity contribution in [3.05, 3.63) is 52.7 Å². The lowest BCUT2D eigenvalue weighted by molar-refractivity contribution is 0.0928. The number of piperidine rings is 1. The molecule has 2 unspecified atom stereocenters. The van der Waals surface area contributed by atoms with Crippen molar-refractivity contribution in [1.29, 1.82) is 0 Å². The molecule has 134 valence electrons. The summed E-state index contributed by atoms with van der Waals surface area (Å²) in [6.07, 6.45) is 3.29. The molecule has 0 radical (unpaired) electrons. The summed E-state index contributed by atoms with van der Waals surface area (Å²) in [6.45, 7) is 5.91. The van der Waals surface area contributed by atoms with Gasteiger partial charge in [-0.25, -0.2) is 4.98 Å². The van der Waals surface area contributed by atoms with Crippen LogP contribution in [0.2, 0.25) is 5.02 Å². The maximum absolute atomic E-state index is 12.7. The van der Waals surface area contributed by atoms with Crippen LogP contribution < -0.4 is 10.6 Å². The van der Waals surface area contributed by atoms with Gasteiger partial charge in [0.05, 0.1) is 0 Å². The first kappa shape index (κ1) is 18.0. The van der Waals surface area contributed by atoms with Gasteiger partial charge in [-0.2, -0.15) is 0 Å². The number of hydrogen-bond donors (Lipinski definition) is 2. The molecule has 2 atom stereocenters. The second kappa shape index (κ2) is 8.02. The Morgan fingerprint density at radius 3 is 2.76 bits per heavy atom. The first-order valence-corrected chi connectivity index (χ1v) is 9.15. The third kappa shape index (κ3) is 4.05. The SMILES string of the molecule is CC(NC(=O)c1ncoc1C1CCNCC1)C(C)c1ccccc1Cl. The van der Waals surface area contributed by atoms with Crippen LogP contribution in [0.15, 0.2) is 35.1 Å². The summed E-state index contributed by atoms with van der Waals surface area (Å²) in [5.41, 5.74) is 1.43. The third-order valence-electron chi connectivity index (χ3n) is 5.02. The number of hydrogen-bond acceptors (Lipinski definition) is 4. The Morgan fingerprint density at radius 2 is 2.04 bits per heavy atom. The molecule has 1 aliphatic heterocycles. The van der Waals surface area contributed by atoms with Crippen molar-refractivity contribution < 1.29 is 9.21 Å². The summed E-state index contributed by atoms with van der Waals surface area (Å²) >= 11 is 6.28. The number of rotatable bonds is 5. The fourth-order valence-electron chi connectivity index (χ4n) is 3.31. The predicted octanol–water partition coefficient (Wildman–Crippen LogP) is 3.72. The molecule has 2 N–H and O–H groups in total. The van der Waals surface area contributed by atoms with Crippen molar-refractivity contribution in [2.45, 2.75) is 44.6 Å². The number of benzene rings is 1. The molecule has 0 aliphatic carbocycles. The monoisotopic (exact) mass is 361 g/mol. The number of nitrogens with zero attached hydrogens (tertiary/aromatic N) is 1. The topological polar surface area (TPSA) is 67.2 Å². The average molecular weight is 362 g/mol. The highest BCUT2D eigenvalue weighted by molar-refractivity contribution is 6.31. The van der Waals surface area contributed by atoms with Crippen LogP contribution in [0.1, 0.15) is 60.3 Å². The van der Waals surface area contributed by atoms with Gasteiger partial charge in [-0.05, 0) is 44.5 Å². The second-order valence-corrected chi connectivity index (χ2v) is 7.07. The summed E-state index contributed by atoms with van der Waals surface area (Å²) in [5.74, 6) is 0.859. The highest BCUT2D eigenvalue weighted by Gasteiger charge is 2.27. The maximum atomic E-state index is 12.7. The third-order valence-corrected chi connectivity index (χ3v) is 5.37. The van der Waals surface area contributed by atoms with Crippen molar-refractivity contribution in [3.63, 3.8) is 0 Å². The lowest BCUT2D eigenvalue weighted by Crippen LogP contribution is -2.37. The number of amides is 1. The lowest BCUT2D eigenvalue weighted by atomic mass is 9.93.